The van der Waals surface area contributed by atoms with Crippen LogP contribution in [-0.4, -0.2) is 19.3 Å². The van der Waals surface area contributed by atoms with Crippen molar-refractivity contribution in [2.24, 2.45) is 5.92 Å². The lowest BCUT2D eigenvalue weighted by molar-refractivity contribution is 0.0622. The molecule has 0 radical (unpaired) electrons. The Morgan fingerprint density at radius 2 is 2.41 bits per heavy atom. The minimum atomic E-state index is 0.319. The normalized spacial score (nSPS) is 26.4. The molecule has 0 spiro atoms. The molecule has 0 saturated carbocycles. The number of rotatable bonds is 4. The summed E-state index contributed by atoms with van der Waals surface area (Å²) in [5, 5.41) is 3.58. The summed E-state index contributed by atoms with van der Waals surface area (Å²) < 4.78 is 7.15. The van der Waals surface area contributed by atoms with Crippen LogP contribution in [0.4, 0.5) is 0 Å². The minimum Gasteiger partial charge on any atom is -0.376 e. The third-order valence-corrected chi connectivity index (χ3v) is 5.60. The molecule has 96 valence electrons. The van der Waals surface area contributed by atoms with Gasteiger partial charge in [0.15, 0.2) is 0 Å². The highest BCUT2D eigenvalue weighted by molar-refractivity contribution is 9.11. The quantitative estimate of drug-likeness (QED) is 0.909. The van der Waals surface area contributed by atoms with Crippen molar-refractivity contribution in [2.45, 2.75) is 39.3 Å². The summed E-state index contributed by atoms with van der Waals surface area (Å²) in [6, 6.07) is 2.61. The molecule has 1 saturated heterocycles. The van der Waals surface area contributed by atoms with Crippen molar-refractivity contribution in [3.63, 3.8) is 0 Å². The van der Waals surface area contributed by atoms with E-state index in [1.54, 1.807) is 0 Å². The molecule has 0 aromatic carbocycles. The maximum absolute atomic E-state index is 5.91. The predicted octanol–water partition coefficient (Wildman–Crippen LogP) is 3.89. The highest BCUT2D eigenvalue weighted by atomic mass is 79.9. The summed E-state index contributed by atoms with van der Waals surface area (Å²) >= 11 is 5.43. The van der Waals surface area contributed by atoms with Gasteiger partial charge >= 0.3 is 0 Å². The van der Waals surface area contributed by atoms with E-state index in [2.05, 4.69) is 48.1 Å². The van der Waals surface area contributed by atoms with Gasteiger partial charge in [-0.3, -0.25) is 0 Å². The first-order valence-electron chi connectivity index (χ1n) is 6.24. The monoisotopic (exact) mass is 317 g/mol. The van der Waals surface area contributed by atoms with Gasteiger partial charge in [-0.1, -0.05) is 13.8 Å². The zero-order valence-corrected chi connectivity index (χ0v) is 13.0. The van der Waals surface area contributed by atoms with Gasteiger partial charge in [0.1, 0.15) is 0 Å². The molecule has 17 heavy (non-hydrogen) atoms. The van der Waals surface area contributed by atoms with Crippen LogP contribution in [0.5, 0.6) is 0 Å². The number of nitrogens with one attached hydrogen (secondary N) is 1. The van der Waals surface area contributed by atoms with E-state index in [1.807, 2.05) is 11.3 Å². The second-order valence-electron chi connectivity index (χ2n) is 4.74. The fourth-order valence-corrected chi connectivity index (χ4v) is 4.06. The Labute approximate surface area is 116 Å². The van der Waals surface area contributed by atoms with Crippen LogP contribution in [0.15, 0.2) is 9.85 Å². The Kier molecular flexibility index (Phi) is 4.64. The number of likely N-dealkylation sites (N-methyl/N-ethyl adjacent to an activating group) is 1. The molecule has 1 fully saturated rings. The predicted molar refractivity (Wildman–Crippen MR) is 76.7 cm³/mol. The van der Waals surface area contributed by atoms with E-state index in [-0.39, 0.29) is 0 Å². The van der Waals surface area contributed by atoms with Gasteiger partial charge in [0.2, 0.25) is 0 Å². The zero-order chi connectivity index (χ0) is 12.4. The Morgan fingerprint density at radius 3 is 2.88 bits per heavy atom. The minimum absolute atomic E-state index is 0.319. The van der Waals surface area contributed by atoms with Crippen LogP contribution >= 0.6 is 27.3 Å². The lowest BCUT2D eigenvalue weighted by Gasteiger charge is -2.25. The average molecular weight is 318 g/mol. The van der Waals surface area contributed by atoms with Crippen molar-refractivity contribution in [1.82, 2.24) is 5.32 Å². The molecule has 2 heterocycles. The molecule has 2 nitrogen and oxygen atoms in total. The second-order valence-corrected chi connectivity index (χ2v) is 7.14. The van der Waals surface area contributed by atoms with E-state index >= 15 is 0 Å². The number of aryl methyl sites for hydroxylation is 1. The van der Waals surface area contributed by atoms with Gasteiger partial charge in [-0.25, -0.2) is 0 Å². The van der Waals surface area contributed by atoms with E-state index < -0.39 is 0 Å². The third-order valence-electron chi connectivity index (χ3n) is 3.38. The number of hydrogen-bond acceptors (Lipinski definition) is 3. The summed E-state index contributed by atoms with van der Waals surface area (Å²) in [4.78, 5) is 1.38. The van der Waals surface area contributed by atoms with E-state index in [1.165, 1.54) is 20.6 Å². The zero-order valence-electron chi connectivity index (χ0n) is 10.6. The van der Waals surface area contributed by atoms with Crippen molar-refractivity contribution in [1.29, 1.82) is 0 Å². The van der Waals surface area contributed by atoms with Gasteiger partial charge in [0.25, 0.3) is 0 Å². The molecule has 3 atom stereocenters. The van der Waals surface area contributed by atoms with Crippen molar-refractivity contribution in [3.05, 3.63) is 20.3 Å². The van der Waals surface area contributed by atoms with Crippen LogP contribution in [-0.2, 0) is 4.74 Å². The van der Waals surface area contributed by atoms with E-state index in [0.717, 1.165) is 13.2 Å². The number of thiophene rings is 1. The first-order chi connectivity index (χ1) is 8.13. The van der Waals surface area contributed by atoms with Crippen LogP contribution in [0.25, 0.3) is 0 Å². The van der Waals surface area contributed by atoms with Gasteiger partial charge in [-0.2, -0.15) is 0 Å². The average Bonchev–Trinajstić information content (AvgIpc) is 2.83. The Balaban J connectivity index is 2.21. The van der Waals surface area contributed by atoms with Crippen LogP contribution in [0, 0.1) is 12.8 Å². The number of ether oxygens (including phenoxy) is 1. The number of halogens is 1. The fourth-order valence-electron chi connectivity index (χ4n) is 2.38. The van der Waals surface area contributed by atoms with Crippen molar-refractivity contribution in [3.8, 4) is 0 Å². The molecule has 1 N–H and O–H groups in total. The summed E-state index contributed by atoms with van der Waals surface area (Å²) in [5.41, 5.74) is 1.32. The SMILES string of the molecule is CCNC(c1cc(C)c(Br)s1)C1OCCC1C. The van der Waals surface area contributed by atoms with Gasteiger partial charge in [0, 0.05) is 11.5 Å². The largest absolute Gasteiger partial charge is 0.376 e. The van der Waals surface area contributed by atoms with Crippen LogP contribution in [0.3, 0.4) is 0 Å². The first-order valence-corrected chi connectivity index (χ1v) is 7.85. The second kappa shape index (κ2) is 5.83. The van der Waals surface area contributed by atoms with E-state index in [0.29, 0.717) is 18.1 Å². The summed E-state index contributed by atoms with van der Waals surface area (Å²) in [5.74, 6) is 0.639. The maximum Gasteiger partial charge on any atom is 0.0804 e. The molecule has 0 amide bonds. The highest BCUT2D eigenvalue weighted by Crippen LogP contribution is 2.37. The number of hydrogen-bond donors (Lipinski definition) is 1. The summed E-state index contributed by atoms with van der Waals surface area (Å²) in [7, 11) is 0. The molecule has 3 unspecified atom stereocenters. The highest BCUT2D eigenvalue weighted by Gasteiger charge is 2.33. The fraction of sp³-hybridized carbons (Fsp3) is 0.692. The molecule has 0 bridgehead atoms. The third kappa shape index (κ3) is 2.92. The molecule has 1 aliphatic rings. The molecule has 1 aromatic heterocycles. The van der Waals surface area contributed by atoms with Gasteiger partial charge in [-0.05, 0) is 53.4 Å². The lowest BCUT2D eigenvalue weighted by Crippen LogP contribution is -2.34. The van der Waals surface area contributed by atoms with Gasteiger partial charge in [-0.15, -0.1) is 11.3 Å². The van der Waals surface area contributed by atoms with Crippen molar-refractivity contribution < 1.29 is 4.74 Å². The molecular formula is C13H20BrNOS. The lowest BCUT2D eigenvalue weighted by atomic mass is 9.96. The van der Waals surface area contributed by atoms with Crippen LogP contribution < -0.4 is 5.32 Å². The maximum atomic E-state index is 5.91. The van der Waals surface area contributed by atoms with Gasteiger partial charge < -0.3 is 10.1 Å². The molecule has 2 rings (SSSR count). The van der Waals surface area contributed by atoms with Gasteiger partial charge in [0.05, 0.1) is 15.9 Å². The smallest absolute Gasteiger partial charge is 0.0804 e. The first kappa shape index (κ1) is 13.5. The Bertz CT molecular complexity index is 360. The molecule has 1 aliphatic heterocycles. The summed E-state index contributed by atoms with van der Waals surface area (Å²) in [6.45, 7) is 8.47. The van der Waals surface area contributed by atoms with Crippen molar-refractivity contribution in [2.75, 3.05) is 13.2 Å². The summed E-state index contributed by atoms with van der Waals surface area (Å²) in [6.07, 6.45) is 1.50. The van der Waals surface area contributed by atoms with Crippen molar-refractivity contribution >= 4 is 27.3 Å². The Hall–Kier alpha value is 0.1000. The van der Waals surface area contributed by atoms with E-state index in [9.17, 15) is 0 Å². The Morgan fingerprint density at radius 1 is 1.65 bits per heavy atom. The molecule has 4 heteroatoms. The standard InChI is InChI=1S/C13H20BrNOS/c1-4-15-11(12-8(2)5-6-16-12)10-7-9(3)13(14)17-10/h7-8,11-12,15H,4-6H2,1-3H3. The molecule has 0 aliphatic carbocycles. The van der Waals surface area contributed by atoms with E-state index in [4.69, 9.17) is 4.74 Å². The molecular weight excluding hydrogens is 298 g/mol. The molecule has 1 aromatic rings. The van der Waals surface area contributed by atoms with Crippen LogP contribution in [0.2, 0.25) is 0 Å². The topological polar surface area (TPSA) is 21.3 Å². The van der Waals surface area contributed by atoms with Crippen LogP contribution in [0.1, 0.15) is 36.8 Å².